The van der Waals surface area contributed by atoms with E-state index in [-0.39, 0.29) is 11.8 Å². The van der Waals surface area contributed by atoms with Crippen molar-refractivity contribution < 1.29 is 9.13 Å². The number of methoxy groups -OCH3 is 1. The van der Waals surface area contributed by atoms with E-state index in [1.807, 2.05) is 18.2 Å². The van der Waals surface area contributed by atoms with Gasteiger partial charge in [-0.05, 0) is 52.9 Å². The van der Waals surface area contributed by atoms with E-state index in [1.165, 1.54) is 13.2 Å². The number of ether oxygens (including phenoxy) is 1. The number of halogens is 2. The summed E-state index contributed by atoms with van der Waals surface area (Å²) in [4.78, 5) is 4.28. The van der Waals surface area contributed by atoms with E-state index in [2.05, 4.69) is 27.6 Å². The molecule has 3 aromatic rings. The molecule has 20 heavy (non-hydrogen) atoms. The molecule has 6 heteroatoms. The molecule has 0 atom stereocenters. The number of nitrogens with two attached hydrogens (primary N) is 1. The van der Waals surface area contributed by atoms with Gasteiger partial charge in [-0.1, -0.05) is 0 Å². The Hall–Kier alpha value is -1.83. The van der Waals surface area contributed by atoms with Gasteiger partial charge in [0.05, 0.1) is 23.8 Å². The first-order valence-corrected chi connectivity index (χ1v) is 6.95. The summed E-state index contributed by atoms with van der Waals surface area (Å²) in [6, 6.07) is 10.2. The van der Waals surface area contributed by atoms with Crippen LogP contribution < -0.4 is 10.5 Å². The Labute approximate surface area is 128 Å². The van der Waals surface area contributed by atoms with Crippen LogP contribution in [0.2, 0.25) is 0 Å². The summed E-state index contributed by atoms with van der Waals surface area (Å²) in [6.07, 6.45) is 0. The van der Waals surface area contributed by atoms with Crippen molar-refractivity contribution in [3.05, 3.63) is 45.8 Å². The van der Waals surface area contributed by atoms with E-state index < -0.39 is 0 Å². The van der Waals surface area contributed by atoms with Gasteiger partial charge in [-0.25, -0.2) is 9.37 Å². The quantitative estimate of drug-likeness (QED) is 0.691. The van der Waals surface area contributed by atoms with Gasteiger partial charge in [-0.2, -0.15) is 0 Å². The third kappa shape index (κ3) is 2.09. The monoisotopic (exact) mass is 383 g/mol. The number of anilines is 1. The molecule has 0 saturated heterocycles. The minimum atomic E-state index is -0.379. The topological polar surface area (TPSA) is 53.1 Å². The number of fused-ring (bicyclic) bond motifs is 1. The molecule has 2 N–H and O–H groups in total. The van der Waals surface area contributed by atoms with Crippen LogP contribution in [0.4, 0.5) is 10.3 Å². The Morgan fingerprint density at radius 1 is 1.25 bits per heavy atom. The SMILES string of the molecule is COc1ccc(F)c(-n2c(N)nc3cc(I)ccc32)c1. The molecule has 2 aromatic carbocycles. The van der Waals surface area contributed by atoms with Crippen LogP contribution in [0.15, 0.2) is 36.4 Å². The Kier molecular flexibility index (Phi) is 3.25. The van der Waals surface area contributed by atoms with Crippen LogP contribution in [-0.4, -0.2) is 16.7 Å². The summed E-state index contributed by atoms with van der Waals surface area (Å²) in [5, 5.41) is 0. The first-order valence-electron chi connectivity index (χ1n) is 5.87. The average molecular weight is 383 g/mol. The predicted octanol–water partition coefficient (Wildman–Crippen LogP) is 3.36. The zero-order chi connectivity index (χ0) is 14.3. The van der Waals surface area contributed by atoms with Crippen molar-refractivity contribution >= 4 is 39.6 Å². The number of nitrogen functional groups attached to an aromatic ring is 1. The predicted molar refractivity (Wildman–Crippen MR) is 84.7 cm³/mol. The molecule has 0 spiro atoms. The number of nitrogens with zero attached hydrogens (tertiary/aromatic N) is 2. The van der Waals surface area contributed by atoms with E-state index in [1.54, 1.807) is 16.7 Å². The number of hydrogen-bond donors (Lipinski definition) is 1. The fourth-order valence-electron chi connectivity index (χ4n) is 2.12. The van der Waals surface area contributed by atoms with Gasteiger partial charge in [0.2, 0.25) is 5.95 Å². The molecule has 1 aromatic heterocycles. The highest BCUT2D eigenvalue weighted by molar-refractivity contribution is 14.1. The van der Waals surface area contributed by atoms with Crippen molar-refractivity contribution in [3.63, 3.8) is 0 Å². The van der Waals surface area contributed by atoms with E-state index >= 15 is 0 Å². The van der Waals surface area contributed by atoms with Crippen molar-refractivity contribution in [2.24, 2.45) is 0 Å². The average Bonchev–Trinajstić information content (AvgIpc) is 2.74. The molecule has 0 amide bonds. The largest absolute Gasteiger partial charge is 0.497 e. The highest BCUT2D eigenvalue weighted by Crippen LogP contribution is 2.28. The smallest absolute Gasteiger partial charge is 0.206 e. The van der Waals surface area contributed by atoms with Crippen LogP contribution in [0.5, 0.6) is 5.75 Å². The van der Waals surface area contributed by atoms with Gasteiger partial charge in [0, 0.05) is 9.64 Å². The maximum absolute atomic E-state index is 14.1. The molecule has 4 nitrogen and oxygen atoms in total. The second-order valence-electron chi connectivity index (χ2n) is 4.26. The van der Waals surface area contributed by atoms with Gasteiger partial charge in [-0.15, -0.1) is 0 Å². The van der Waals surface area contributed by atoms with Gasteiger partial charge in [0.1, 0.15) is 11.6 Å². The fraction of sp³-hybridized carbons (Fsp3) is 0.0714. The first-order chi connectivity index (χ1) is 9.60. The lowest BCUT2D eigenvalue weighted by Crippen LogP contribution is -2.03. The maximum atomic E-state index is 14.1. The summed E-state index contributed by atoms with van der Waals surface area (Å²) in [5.41, 5.74) is 7.75. The van der Waals surface area contributed by atoms with E-state index in [0.717, 1.165) is 14.6 Å². The Bertz CT molecular complexity index is 800. The number of benzene rings is 2. The standard InChI is InChI=1S/C14H11FIN3O/c1-20-9-3-4-10(15)13(7-9)19-12-5-2-8(16)6-11(12)18-14(19)17/h2-7H,1H3,(H2,17,18). The molecular formula is C14H11FIN3O. The minimum absolute atomic E-state index is 0.245. The Morgan fingerprint density at radius 3 is 2.80 bits per heavy atom. The van der Waals surface area contributed by atoms with E-state index in [4.69, 9.17) is 10.5 Å². The third-order valence-corrected chi connectivity index (χ3v) is 3.71. The molecular weight excluding hydrogens is 372 g/mol. The number of rotatable bonds is 2. The van der Waals surface area contributed by atoms with Crippen molar-refractivity contribution in [1.82, 2.24) is 9.55 Å². The van der Waals surface area contributed by atoms with Crippen LogP contribution in [-0.2, 0) is 0 Å². The van der Waals surface area contributed by atoms with E-state index in [9.17, 15) is 4.39 Å². The van der Waals surface area contributed by atoms with Crippen LogP contribution in [0.1, 0.15) is 0 Å². The molecule has 0 unspecified atom stereocenters. The van der Waals surface area contributed by atoms with Gasteiger partial charge in [0.25, 0.3) is 0 Å². The van der Waals surface area contributed by atoms with Gasteiger partial charge in [-0.3, -0.25) is 4.57 Å². The zero-order valence-electron chi connectivity index (χ0n) is 10.6. The molecule has 0 bridgehead atoms. The number of imidazole rings is 1. The Morgan fingerprint density at radius 2 is 2.05 bits per heavy atom. The van der Waals surface area contributed by atoms with Crippen LogP contribution in [0, 0.1) is 9.39 Å². The third-order valence-electron chi connectivity index (χ3n) is 3.04. The summed E-state index contributed by atoms with van der Waals surface area (Å²) < 4.78 is 21.9. The lowest BCUT2D eigenvalue weighted by molar-refractivity contribution is 0.413. The summed E-state index contributed by atoms with van der Waals surface area (Å²) in [6.45, 7) is 0. The molecule has 0 saturated carbocycles. The molecule has 0 aliphatic heterocycles. The highest BCUT2D eigenvalue weighted by Gasteiger charge is 2.14. The van der Waals surface area contributed by atoms with Crippen molar-refractivity contribution in [2.75, 3.05) is 12.8 Å². The second kappa shape index (κ2) is 4.93. The lowest BCUT2D eigenvalue weighted by Gasteiger charge is -2.09. The molecule has 0 aliphatic rings. The summed E-state index contributed by atoms with van der Waals surface area (Å²) >= 11 is 2.20. The van der Waals surface area contributed by atoms with Crippen molar-refractivity contribution in [2.45, 2.75) is 0 Å². The molecule has 1 heterocycles. The van der Waals surface area contributed by atoms with E-state index in [0.29, 0.717) is 11.4 Å². The van der Waals surface area contributed by atoms with Crippen molar-refractivity contribution in [3.8, 4) is 11.4 Å². The molecule has 0 fully saturated rings. The second-order valence-corrected chi connectivity index (χ2v) is 5.50. The molecule has 0 aliphatic carbocycles. The number of hydrogen-bond acceptors (Lipinski definition) is 3. The molecule has 102 valence electrons. The first kappa shape index (κ1) is 13.2. The highest BCUT2D eigenvalue weighted by atomic mass is 127. The number of aromatic nitrogens is 2. The minimum Gasteiger partial charge on any atom is -0.497 e. The van der Waals surface area contributed by atoms with Crippen LogP contribution in [0.3, 0.4) is 0 Å². The molecule has 3 rings (SSSR count). The van der Waals surface area contributed by atoms with Gasteiger partial charge >= 0.3 is 0 Å². The van der Waals surface area contributed by atoms with Crippen LogP contribution >= 0.6 is 22.6 Å². The summed E-state index contributed by atoms with van der Waals surface area (Å²) in [5.74, 6) is 0.428. The van der Waals surface area contributed by atoms with Gasteiger partial charge in [0.15, 0.2) is 0 Å². The molecule has 0 radical (unpaired) electrons. The normalized spacial score (nSPS) is 10.9. The van der Waals surface area contributed by atoms with Crippen LogP contribution in [0.25, 0.3) is 16.7 Å². The van der Waals surface area contributed by atoms with Crippen molar-refractivity contribution in [1.29, 1.82) is 0 Å². The summed E-state index contributed by atoms with van der Waals surface area (Å²) in [7, 11) is 1.54. The maximum Gasteiger partial charge on any atom is 0.206 e. The van der Waals surface area contributed by atoms with Gasteiger partial charge < -0.3 is 10.5 Å². The fourth-order valence-corrected chi connectivity index (χ4v) is 2.59. The Balaban J connectivity index is 2.31. The zero-order valence-corrected chi connectivity index (χ0v) is 12.8. The lowest BCUT2D eigenvalue weighted by atomic mass is 10.2.